The average Bonchev–Trinajstić information content (AvgIpc) is 2.55. The highest BCUT2D eigenvalue weighted by molar-refractivity contribution is 8.00. The number of thioether (sulfide) groups is 1. The minimum atomic E-state index is -0.955. The standard InChI is InChI=1S/C17H20N2O4S/c1-2-3-9-13(16(22)23)24-17-18-14(20)12(15(21)19-17)10-11-7-5-4-6-8-11/h4-8,13H,2-3,9-10H2,1H3,(H,22,23)(H2,18,19,20,21)/t13-/m0/s1. The molecule has 1 heterocycles. The highest BCUT2D eigenvalue weighted by Crippen LogP contribution is 2.25. The van der Waals surface area contributed by atoms with Crippen molar-refractivity contribution in [2.24, 2.45) is 0 Å². The number of nitrogens with one attached hydrogen (secondary N) is 1. The van der Waals surface area contributed by atoms with Gasteiger partial charge in [0.1, 0.15) is 5.25 Å². The van der Waals surface area contributed by atoms with Crippen LogP contribution in [0.4, 0.5) is 0 Å². The van der Waals surface area contributed by atoms with Gasteiger partial charge in [0, 0.05) is 6.42 Å². The quantitative estimate of drug-likeness (QED) is 0.501. The van der Waals surface area contributed by atoms with Gasteiger partial charge in [0.15, 0.2) is 5.16 Å². The number of H-pyrrole nitrogens is 1. The summed E-state index contributed by atoms with van der Waals surface area (Å²) in [6, 6.07) is 9.28. The Morgan fingerprint density at radius 2 is 2.04 bits per heavy atom. The molecular weight excluding hydrogens is 328 g/mol. The summed E-state index contributed by atoms with van der Waals surface area (Å²) in [6.45, 7) is 1.98. The van der Waals surface area contributed by atoms with Gasteiger partial charge in [-0.1, -0.05) is 61.9 Å². The van der Waals surface area contributed by atoms with Gasteiger partial charge in [-0.3, -0.25) is 9.59 Å². The van der Waals surface area contributed by atoms with E-state index in [1.165, 1.54) is 0 Å². The maximum Gasteiger partial charge on any atom is 0.317 e. The Labute approximate surface area is 144 Å². The SMILES string of the molecule is CCCC[C@H](Sc1nc(O)c(Cc2ccccc2)c(=O)[nH]1)C(=O)O. The molecule has 0 bridgehead atoms. The summed E-state index contributed by atoms with van der Waals surface area (Å²) in [5.74, 6) is -1.31. The van der Waals surface area contributed by atoms with Crippen LogP contribution in [-0.4, -0.2) is 31.4 Å². The topological polar surface area (TPSA) is 103 Å². The van der Waals surface area contributed by atoms with Crippen molar-refractivity contribution in [3.8, 4) is 5.88 Å². The number of hydrogen-bond acceptors (Lipinski definition) is 5. The molecule has 0 amide bonds. The van der Waals surface area contributed by atoms with Gasteiger partial charge in [0.2, 0.25) is 5.88 Å². The van der Waals surface area contributed by atoms with Gasteiger partial charge >= 0.3 is 5.97 Å². The lowest BCUT2D eigenvalue weighted by Crippen LogP contribution is -2.20. The molecule has 0 spiro atoms. The van der Waals surface area contributed by atoms with Crippen LogP contribution in [-0.2, 0) is 11.2 Å². The minimum absolute atomic E-state index is 0.123. The number of rotatable bonds is 8. The molecule has 0 fully saturated rings. The van der Waals surface area contributed by atoms with E-state index in [0.29, 0.717) is 6.42 Å². The van der Waals surface area contributed by atoms with Gasteiger partial charge in [0.05, 0.1) is 5.56 Å². The summed E-state index contributed by atoms with van der Waals surface area (Å²) >= 11 is 0.954. The molecule has 0 aliphatic carbocycles. The van der Waals surface area contributed by atoms with Gasteiger partial charge in [-0.25, -0.2) is 0 Å². The molecule has 2 rings (SSSR count). The van der Waals surface area contributed by atoms with Crippen molar-refractivity contribution in [3.05, 3.63) is 51.8 Å². The zero-order valence-electron chi connectivity index (χ0n) is 13.4. The molecule has 7 heteroatoms. The molecule has 2 aromatic rings. The van der Waals surface area contributed by atoms with Crippen LogP contribution >= 0.6 is 11.8 Å². The first-order valence-corrected chi connectivity index (χ1v) is 8.64. The zero-order chi connectivity index (χ0) is 17.5. The number of aromatic hydroxyl groups is 1. The first-order chi connectivity index (χ1) is 11.5. The number of aliphatic carboxylic acids is 1. The Morgan fingerprint density at radius 1 is 1.33 bits per heavy atom. The Hall–Kier alpha value is -2.28. The molecule has 6 nitrogen and oxygen atoms in total. The van der Waals surface area contributed by atoms with Crippen LogP contribution in [0.5, 0.6) is 5.88 Å². The average molecular weight is 348 g/mol. The third-order valence-corrected chi connectivity index (χ3v) is 4.68. The van der Waals surface area contributed by atoms with Gasteiger partial charge in [-0.05, 0) is 12.0 Å². The van der Waals surface area contributed by atoms with Crippen molar-refractivity contribution in [1.82, 2.24) is 9.97 Å². The normalized spacial score (nSPS) is 12.0. The van der Waals surface area contributed by atoms with Crippen molar-refractivity contribution in [2.75, 3.05) is 0 Å². The molecule has 0 aliphatic rings. The van der Waals surface area contributed by atoms with Crippen molar-refractivity contribution in [2.45, 2.75) is 43.0 Å². The maximum absolute atomic E-state index is 12.2. The zero-order valence-corrected chi connectivity index (χ0v) is 14.2. The van der Waals surface area contributed by atoms with Crippen LogP contribution in [0.25, 0.3) is 0 Å². The van der Waals surface area contributed by atoms with E-state index in [2.05, 4.69) is 9.97 Å². The van der Waals surface area contributed by atoms with E-state index in [1.807, 2.05) is 37.3 Å². The second kappa shape index (κ2) is 8.54. The highest BCUT2D eigenvalue weighted by atomic mass is 32.2. The molecule has 24 heavy (non-hydrogen) atoms. The van der Waals surface area contributed by atoms with Crippen LogP contribution in [0, 0.1) is 0 Å². The maximum atomic E-state index is 12.2. The molecule has 1 atom stereocenters. The first kappa shape index (κ1) is 18.1. The highest BCUT2D eigenvalue weighted by Gasteiger charge is 2.21. The van der Waals surface area contributed by atoms with E-state index >= 15 is 0 Å². The second-order valence-corrected chi connectivity index (χ2v) is 6.61. The van der Waals surface area contributed by atoms with E-state index in [4.69, 9.17) is 0 Å². The molecule has 128 valence electrons. The van der Waals surface area contributed by atoms with E-state index in [9.17, 15) is 19.8 Å². The van der Waals surface area contributed by atoms with Crippen LogP contribution in [0.15, 0.2) is 40.3 Å². The fraction of sp³-hybridized carbons (Fsp3) is 0.353. The first-order valence-electron chi connectivity index (χ1n) is 7.76. The Morgan fingerprint density at radius 3 is 2.62 bits per heavy atom. The summed E-state index contributed by atoms with van der Waals surface area (Å²) in [5, 5.41) is 18.7. The number of unbranched alkanes of at least 4 members (excludes halogenated alkanes) is 1. The molecule has 0 radical (unpaired) electrons. The third kappa shape index (κ3) is 4.86. The summed E-state index contributed by atoms with van der Waals surface area (Å²) in [6.07, 6.45) is 2.40. The predicted octanol–water partition coefficient (Wildman–Crippen LogP) is 2.80. The molecule has 1 aromatic carbocycles. The number of aromatic amines is 1. The smallest absolute Gasteiger partial charge is 0.317 e. The Kier molecular flexibility index (Phi) is 6.43. The number of hydrogen-bond donors (Lipinski definition) is 3. The van der Waals surface area contributed by atoms with E-state index in [0.717, 1.165) is 30.2 Å². The molecule has 0 saturated carbocycles. The van der Waals surface area contributed by atoms with Crippen molar-refractivity contribution in [1.29, 1.82) is 0 Å². The third-order valence-electron chi connectivity index (χ3n) is 3.54. The summed E-state index contributed by atoms with van der Waals surface area (Å²) in [5.41, 5.74) is 0.603. The molecular formula is C17H20N2O4S. The monoisotopic (exact) mass is 348 g/mol. The fourth-order valence-electron chi connectivity index (χ4n) is 2.24. The number of carboxylic acids is 1. The largest absolute Gasteiger partial charge is 0.493 e. The predicted molar refractivity (Wildman–Crippen MR) is 92.6 cm³/mol. The lowest BCUT2D eigenvalue weighted by atomic mass is 10.1. The van der Waals surface area contributed by atoms with Gasteiger partial charge in [-0.2, -0.15) is 4.98 Å². The summed E-state index contributed by atoms with van der Waals surface area (Å²) in [7, 11) is 0. The lowest BCUT2D eigenvalue weighted by molar-refractivity contribution is -0.136. The molecule has 0 unspecified atom stereocenters. The van der Waals surface area contributed by atoms with E-state index in [-0.39, 0.29) is 23.0 Å². The minimum Gasteiger partial charge on any atom is -0.493 e. The molecule has 1 aromatic heterocycles. The number of carboxylic acid groups (broad SMARTS) is 1. The summed E-state index contributed by atoms with van der Waals surface area (Å²) in [4.78, 5) is 30.0. The van der Waals surface area contributed by atoms with Crippen molar-refractivity contribution >= 4 is 17.7 Å². The van der Waals surface area contributed by atoms with Crippen LogP contribution in [0.3, 0.4) is 0 Å². The van der Waals surface area contributed by atoms with Gasteiger partial charge < -0.3 is 15.2 Å². The van der Waals surface area contributed by atoms with Crippen molar-refractivity contribution < 1.29 is 15.0 Å². The Balaban J connectivity index is 2.19. The van der Waals surface area contributed by atoms with Gasteiger partial charge in [-0.15, -0.1) is 0 Å². The molecule has 3 N–H and O–H groups in total. The summed E-state index contributed by atoms with van der Waals surface area (Å²) < 4.78 is 0. The number of benzene rings is 1. The van der Waals surface area contributed by atoms with Crippen LogP contribution in [0.1, 0.15) is 37.3 Å². The molecule has 0 saturated heterocycles. The van der Waals surface area contributed by atoms with E-state index in [1.54, 1.807) is 0 Å². The number of nitrogens with zero attached hydrogens (tertiary/aromatic N) is 1. The van der Waals surface area contributed by atoms with E-state index < -0.39 is 16.8 Å². The number of carbonyl (C=O) groups is 1. The fourth-order valence-corrected chi connectivity index (χ4v) is 3.18. The van der Waals surface area contributed by atoms with Gasteiger partial charge in [0.25, 0.3) is 5.56 Å². The number of aromatic nitrogens is 2. The second-order valence-electron chi connectivity index (χ2n) is 5.42. The van der Waals surface area contributed by atoms with Crippen LogP contribution in [0.2, 0.25) is 0 Å². The van der Waals surface area contributed by atoms with Crippen LogP contribution < -0.4 is 5.56 Å². The molecule has 0 aliphatic heterocycles. The lowest BCUT2D eigenvalue weighted by Gasteiger charge is -2.11. The Bertz CT molecular complexity index is 746. The van der Waals surface area contributed by atoms with Crippen molar-refractivity contribution in [3.63, 3.8) is 0 Å².